The first-order chi connectivity index (χ1) is 26.5. The van der Waals surface area contributed by atoms with E-state index in [1.165, 1.54) is 33.3 Å². The minimum Gasteiger partial charge on any atom is -0.497 e. The van der Waals surface area contributed by atoms with Crippen LogP contribution in [0.3, 0.4) is 0 Å². The van der Waals surface area contributed by atoms with Gasteiger partial charge in [-0.25, -0.2) is 0 Å². The number of carbonyl (C=O) groups excluding carboxylic acids is 3. The monoisotopic (exact) mass is 756 g/mol. The van der Waals surface area contributed by atoms with Crippen molar-refractivity contribution >= 4 is 40.7 Å². The average Bonchev–Trinajstić information content (AvgIpc) is 3.19. The van der Waals surface area contributed by atoms with Gasteiger partial charge < -0.3 is 53.2 Å². The number of benzene rings is 4. The van der Waals surface area contributed by atoms with Crippen molar-refractivity contribution in [3.8, 4) is 28.7 Å². The van der Waals surface area contributed by atoms with Crippen LogP contribution in [0.15, 0.2) is 72.8 Å². The van der Waals surface area contributed by atoms with Crippen molar-refractivity contribution in [2.45, 2.75) is 5.92 Å². The Morgan fingerprint density at radius 2 is 1.22 bits per heavy atom. The summed E-state index contributed by atoms with van der Waals surface area (Å²) in [7, 11) is 13.4. The van der Waals surface area contributed by atoms with Gasteiger partial charge in [0.25, 0.3) is 0 Å². The molecule has 1 aliphatic heterocycles. The Balaban J connectivity index is 1.47. The van der Waals surface area contributed by atoms with Gasteiger partial charge in [-0.1, -0.05) is 18.2 Å². The van der Waals surface area contributed by atoms with Crippen LogP contribution in [0.25, 0.3) is 0 Å². The van der Waals surface area contributed by atoms with Crippen LogP contribution in [-0.4, -0.2) is 107 Å². The molecule has 1 N–H and O–H groups in total. The van der Waals surface area contributed by atoms with Gasteiger partial charge in [0.05, 0.1) is 39.8 Å². The van der Waals surface area contributed by atoms with E-state index >= 15 is 0 Å². The molecule has 55 heavy (non-hydrogen) atoms. The van der Waals surface area contributed by atoms with Crippen molar-refractivity contribution < 1.29 is 47.5 Å². The molecule has 0 fully saturated rings. The van der Waals surface area contributed by atoms with Gasteiger partial charge in [-0.2, -0.15) is 0 Å². The topological polar surface area (TPSA) is 138 Å². The molecular formula is C41H48N4O10. The van der Waals surface area contributed by atoms with Gasteiger partial charge >= 0.3 is 17.9 Å². The fourth-order valence-corrected chi connectivity index (χ4v) is 6.09. The number of anilines is 4. The normalized spacial score (nSPS) is 11.6. The van der Waals surface area contributed by atoms with Gasteiger partial charge in [-0.05, 0) is 42.0 Å². The highest BCUT2D eigenvalue weighted by Gasteiger charge is 2.30. The second-order valence-electron chi connectivity index (χ2n) is 13.0. The largest absolute Gasteiger partial charge is 0.497 e. The van der Waals surface area contributed by atoms with E-state index in [1.807, 2.05) is 68.3 Å². The van der Waals surface area contributed by atoms with Gasteiger partial charge in [-0.3, -0.25) is 14.4 Å². The summed E-state index contributed by atoms with van der Waals surface area (Å²) in [5.41, 5.74) is 5.98. The lowest BCUT2D eigenvalue weighted by Crippen LogP contribution is -2.36. The van der Waals surface area contributed by atoms with Crippen molar-refractivity contribution in [3.05, 3.63) is 89.5 Å². The summed E-state index contributed by atoms with van der Waals surface area (Å²) < 4.78 is 39.1. The van der Waals surface area contributed by atoms with Crippen LogP contribution in [-0.2, 0) is 28.6 Å². The predicted molar refractivity (Wildman–Crippen MR) is 210 cm³/mol. The zero-order valence-corrected chi connectivity index (χ0v) is 32.5. The lowest BCUT2D eigenvalue weighted by atomic mass is 9.82. The van der Waals surface area contributed by atoms with Crippen molar-refractivity contribution in [3.63, 3.8) is 0 Å². The van der Waals surface area contributed by atoms with Crippen LogP contribution in [0, 0.1) is 0 Å². The van der Waals surface area contributed by atoms with Crippen LogP contribution >= 0.6 is 0 Å². The highest BCUT2D eigenvalue weighted by atomic mass is 16.5. The molecule has 0 spiro atoms. The fraction of sp³-hybridized carbons (Fsp3) is 0.341. The van der Waals surface area contributed by atoms with Crippen LogP contribution in [0.5, 0.6) is 28.7 Å². The number of methoxy groups -OCH3 is 4. The molecule has 0 saturated carbocycles. The summed E-state index contributed by atoms with van der Waals surface area (Å²) in [5, 5.41) is 3.13. The third kappa shape index (κ3) is 9.63. The number of nitrogens with one attached hydrogen (secondary N) is 1. The minimum absolute atomic E-state index is 0.0642. The van der Waals surface area contributed by atoms with Crippen molar-refractivity contribution in [2.24, 2.45) is 0 Å². The maximum atomic E-state index is 12.3. The quantitative estimate of drug-likeness (QED) is 0.0746. The molecule has 14 heteroatoms. The number of ether oxygens (including phenoxy) is 7. The molecule has 0 aliphatic carbocycles. The minimum atomic E-state index is -0.549. The number of carbonyl (C=O) groups is 3. The first-order valence-electron chi connectivity index (χ1n) is 17.5. The van der Waals surface area contributed by atoms with E-state index < -0.39 is 17.9 Å². The maximum Gasteiger partial charge on any atom is 0.325 e. The Morgan fingerprint density at radius 3 is 1.75 bits per heavy atom. The summed E-state index contributed by atoms with van der Waals surface area (Å²) in [6, 6.07) is 23.3. The number of hydrogen-bond donors (Lipinski definition) is 1. The van der Waals surface area contributed by atoms with Crippen molar-refractivity contribution in [1.82, 2.24) is 0 Å². The molecule has 0 bridgehead atoms. The Hall–Kier alpha value is -6.31. The smallest absolute Gasteiger partial charge is 0.325 e. The molecule has 0 atom stereocenters. The Bertz CT molecular complexity index is 1920. The molecule has 1 aliphatic rings. The molecule has 4 aromatic carbocycles. The number of nitrogens with zero attached hydrogens (tertiary/aromatic N) is 3. The highest BCUT2D eigenvalue weighted by molar-refractivity contribution is 5.83. The molecule has 0 radical (unpaired) electrons. The van der Waals surface area contributed by atoms with E-state index in [2.05, 4.69) is 29.6 Å². The molecule has 0 aromatic heterocycles. The molecule has 14 nitrogen and oxygen atoms in total. The Labute approximate surface area is 321 Å². The van der Waals surface area contributed by atoms with E-state index in [4.69, 9.17) is 33.2 Å². The average molecular weight is 757 g/mol. The first kappa shape index (κ1) is 39.9. The zero-order valence-electron chi connectivity index (χ0n) is 32.5. The predicted octanol–water partition coefficient (Wildman–Crippen LogP) is 5.31. The third-order valence-corrected chi connectivity index (χ3v) is 9.06. The Morgan fingerprint density at radius 1 is 0.655 bits per heavy atom. The molecule has 5 rings (SSSR count). The molecule has 4 aromatic rings. The lowest BCUT2D eigenvalue weighted by Gasteiger charge is -2.31. The van der Waals surface area contributed by atoms with Crippen molar-refractivity contribution in [1.29, 1.82) is 0 Å². The third-order valence-electron chi connectivity index (χ3n) is 9.06. The molecule has 0 amide bonds. The lowest BCUT2D eigenvalue weighted by molar-refractivity contribution is -0.140. The molecule has 1 heterocycles. The second-order valence-corrected chi connectivity index (χ2v) is 13.0. The van der Waals surface area contributed by atoms with Crippen molar-refractivity contribution in [2.75, 3.05) is 109 Å². The SMILES string of the molecule is COC(=O)CNc1ccc(C2c3ccc(N(C)C)cc3Oc3cc(N(C)C)ccc32)cc1OCCOc1cc(OC)ccc1N(CC(=O)OC)CC(=O)OC. The molecule has 0 saturated heterocycles. The van der Waals surface area contributed by atoms with E-state index in [9.17, 15) is 14.4 Å². The van der Waals surface area contributed by atoms with Gasteiger partial charge in [0.2, 0.25) is 0 Å². The van der Waals surface area contributed by atoms with E-state index in [0.717, 1.165) is 39.6 Å². The van der Waals surface area contributed by atoms with Gasteiger partial charge in [0.1, 0.15) is 61.6 Å². The molecule has 0 unspecified atom stereocenters. The summed E-state index contributed by atoms with van der Waals surface area (Å²) in [6.45, 7) is -0.374. The zero-order chi connectivity index (χ0) is 39.6. The maximum absolute atomic E-state index is 12.3. The summed E-state index contributed by atoms with van der Waals surface area (Å²) >= 11 is 0. The number of hydrogen-bond acceptors (Lipinski definition) is 14. The fourth-order valence-electron chi connectivity index (χ4n) is 6.09. The van der Waals surface area contributed by atoms with Gasteiger partial charge in [-0.15, -0.1) is 0 Å². The van der Waals surface area contributed by atoms with Crippen LogP contribution in [0.2, 0.25) is 0 Å². The van der Waals surface area contributed by atoms with Gasteiger partial charge in [0.15, 0.2) is 0 Å². The number of esters is 3. The first-order valence-corrected chi connectivity index (χ1v) is 17.5. The van der Waals surface area contributed by atoms with Crippen LogP contribution < -0.4 is 39.0 Å². The number of rotatable bonds is 17. The van der Waals surface area contributed by atoms with Crippen LogP contribution in [0.1, 0.15) is 22.6 Å². The molecular weight excluding hydrogens is 708 g/mol. The Kier molecular flexibility index (Phi) is 13.2. The van der Waals surface area contributed by atoms with E-state index in [1.54, 1.807) is 18.2 Å². The number of fused-ring (bicyclic) bond motifs is 2. The highest BCUT2D eigenvalue weighted by Crippen LogP contribution is 2.50. The summed E-state index contributed by atoms with van der Waals surface area (Å²) in [5.74, 6) is 1.11. The molecule has 292 valence electrons. The van der Waals surface area contributed by atoms with Gasteiger partial charge in [0, 0.05) is 74.8 Å². The van der Waals surface area contributed by atoms with E-state index in [0.29, 0.717) is 28.6 Å². The summed E-state index contributed by atoms with van der Waals surface area (Å²) in [6.07, 6.45) is 0. The summed E-state index contributed by atoms with van der Waals surface area (Å²) in [4.78, 5) is 42.2. The van der Waals surface area contributed by atoms with E-state index in [-0.39, 0.29) is 38.8 Å². The second kappa shape index (κ2) is 18.1. The standard InChI is InChI=1S/C41H48N4O10/c1-43(2)27-10-13-30-34(20-27)55-35-21-28(44(3)4)11-14-31(35)41(30)26-9-15-32(42-23-38(46)50-6)36(19-26)53-17-18-54-37-22-29(49-5)12-16-33(37)45(24-39(47)51-7)25-40(48)52-8/h9-16,19-22,41-42H,17-18,23-25H2,1-8H3. The van der Waals surface area contributed by atoms with Crippen LogP contribution in [0.4, 0.5) is 22.7 Å².